The minimum atomic E-state index is -1.26. The van der Waals surface area contributed by atoms with Gasteiger partial charge in [-0.05, 0) is 23.8 Å². The van der Waals surface area contributed by atoms with Crippen LogP contribution in [0.25, 0.3) is 6.08 Å². The molecule has 9 heteroatoms. The molecule has 168 valence electrons. The van der Waals surface area contributed by atoms with E-state index in [1.807, 2.05) is 61.1 Å². The summed E-state index contributed by atoms with van der Waals surface area (Å²) in [5, 5.41) is 32.8. The van der Waals surface area contributed by atoms with Crippen LogP contribution < -0.4 is 10.1 Å². The summed E-state index contributed by atoms with van der Waals surface area (Å²) in [6.45, 7) is 5.67. The number of carbonyl (C=O) groups is 2. The van der Waals surface area contributed by atoms with Crippen LogP contribution in [0.4, 0.5) is 0 Å². The molecule has 2 rings (SSSR count). The lowest BCUT2D eigenvalue weighted by molar-refractivity contribution is -0.134. The van der Waals surface area contributed by atoms with E-state index in [2.05, 4.69) is 16.5 Å². The van der Waals surface area contributed by atoms with E-state index in [4.69, 9.17) is 14.9 Å². The molecule has 0 fully saturated rings. The number of rotatable bonds is 11. The van der Waals surface area contributed by atoms with Crippen molar-refractivity contribution in [1.29, 1.82) is 0 Å². The summed E-state index contributed by atoms with van der Waals surface area (Å²) in [6.07, 6.45) is 8.42. The summed E-state index contributed by atoms with van der Waals surface area (Å²) in [7, 11) is 0. The molecule has 1 heterocycles. The molecule has 31 heavy (non-hydrogen) atoms. The van der Waals surface area contributed by atoms with Gasteiger partial charge in [-0.3, -0.25) is 4.68 Å². The van der Waals surface area contributed by atoms with Crippen molar-refractivity contribution in [2.75, 3.05) is 13.2 Å². The average Bonchev–Trinajstić information content (AvgIpc) is 3.24. The first-order valence-electron chi connectivity index (χ1n) is 9.68. The Labute approximate surface area is 181 Å². The number of aromatic nitrogens is 2. The fourth-order valence-corrected chi connectivity index (χ4v) is 2.15. The van der Waals surface area contributed by atoms with Gasteiger partial charge in [0.2, 0.25) is 0 Å². The second-order valence-corrected chi connectivity index (χ2v) is 6.74. The van der Waals surface area contributed by atoms with Crippen LogP contribution in [0, 0.1) is 0 Å². The second-order valence-electron chi connectivity index (χ2n) is 6.74. The maximum Gasteiger partial charge on any atom is 0.328 e. The SMILES string of the molecule is CC(C)NCC(O)COc1ccc(/C=C/Cn2cccn2)cc1.O=C(O)/C=C\C(=O)O. The zero-order valence-electron chi connectivity index (χ0n) is 17.6. The van der Waals surface area contributed by atoms with E-state index < -0.39 is 18.0 Å². The van der Waals surface area contributed by atoms with Crippen LogP contribution in [-0.2, 0) is 16.1 Å². The number of aliphatic carboxylic acids is 2. The highest BCUT2D eigenvalue weighted by atomic mass is 16.5. The first kappa shape index (κ1) is 25.6. The van der Waals surface area contributed by atoms with Gasteiger partial charge in [0.15, 0.2) is 0 Å². The molecule has 2 aromatic rings. The third-order valence-electron chi connectivity index (χ3n) is 3.61. The number of benzene rings is 1. The molecule has 0 aliphatic heterocycles. The minimum Gasteiger partial charge on any atom is -0.491 e. The lowest BCUT2D eigenvalue weighted by Gasteiger charge is -2.15. The van der Waals surface area contributed by atoms with E-state index in [-0.39, 0.29) is 6.61 Å². The molecule has 0 amide bonds. The molecule has 0 saturated heterocycles. The Hall–Kier alpha value is -3.43. The monoisotopic (exact) mass is 431 g/mol. The van der Waals surface area contributed by atoms with E-state index in [9.17, 15) is 14.7 Å². The van der Waals surface area contributed by atoms with Gasteiger partial charge in [0, 0.05) is 37.1 Å². The number of allylic oxidation sites excluding steroid dienone is 1. The van der Waals surface area contributed by atoms with Crippen LogP contribution >= 0.6 is 0 Å². The largest absolute Gasteiger partial charge is 0.491 e. The number of aliphatic hydroxyl groups excluding tert-OH is 1. The fourth-order valence-electron chi connectivity index (χ4n) is 2.15. The van der Waals surface area contributed by atoms with E-state index in [1.54, 1.807) is 6.20 Å². The average molecular weight is 431 g/mol. The lowest BCUT2D eigenvalue weighted by Crippen LogP contribution is -2.35. The Morgan fingerprint density at radius 3 is 2.32 bits per heavy atom. The smallest absolute Gasteiger partial charge is 0.328 e. The Morgan fingerprint density at radius 2 is 1.81 bits per heavy atom. The van der Waals surface area contributed by atoms with Gasteiger partial charge in [-0.15, -0.1) is 0 Å². The molecule has 0 aliphatic rings. The zero-order valence-corrected chi connectivity index (χ0v) is 17.6. The molecule has 4 N–H and O–H groups in total. The van der Waals surface area contributed by atoms with Gasteiger partial charge in [-0.2, -0.15) is 5.10 Å². The third kappa shape index (κ3) is 13.4. The second kappa shape index (κ2) is 14.5. The Bertz CT molecular complexity index is 813. The number of carboxylic acids is 2. The van der Waals surface area contributed by atoms with Crippen LogP contribution in [0.1, 0.15) is 19.4 Å². The summed E-state index contributed by atoms with van der Waals surface area (Å²) in [4.78, 5) is 19.1. The Balaban J connectivity index is 0.000000512. The predicted octanol–water partition coefficient (Wildman–Crippen LogP) is 2.05. The number of carboxylic acid groups (broad SMARTS) is 2. The van der Waals surface area contributed by atoms with Crippen LogP contribution in [0.2, 0.25) is 0 Å². The first-order chi connectivity index (χ1) is 14.8. The van der Waals surface area contributed by atoms with Crippen LogP contribution in [0.15, 0.2) is 61.0 Å². The van der Waals surface area contributed by atoms with Crippen LogP contribution in [0.5, 0.6) is 5.75 Å². The molecule has 0 bridgehead atoms. The topological polar surface area (TPSA) is 134 Å². The van der Waals surface area contributed by atoms with Crippen LogP contribution in [-0.4, -0.2) is 62.3 Å². The Morgan fingerprint density at radius 1 is 1.16 bits per heavy atom. The Kier molecular flexibility index (Phi) is 12.0. The zero-order chi connectivity index (χ0) is 23.1. The summed E-state index contributed by atoms with van der Waals surface area (Å²) in [5.74, 6) is -1.75. The molecule has 0 radical (unpaired) electrons. The third-order valence-corrected chi connectivity index (χ3v) is 3.61. The highest BCUT2D eigenvalue weighted by Crippen LogP contribution is 2.13. The van der Waals surface area contributed by atoms with Gasteiger partial charge in [0.25, 0.3) is 0 Å². The van der Waals surface area contributed by atoms with E-state index in [1.165, 1.54) is 0 Å². The highest BCUT2D eigenvalue weighted by molar-refractivity contribution is 5.89. The quantitative estimate of drug-likeness (QED) is 0.397. The fraction of sp³-hybridized carbons (Fsp3) is 0.318. The molecule has 0 spiro atoms. The number of nitrogens with one attached hydrogen (secondary N) is 1. The maximum absolute atomic E-state index is 9.81. The highest BCUT2D eigenvalue weighted by Gasteiger charge is 2.05. The van der Waals surface area contributed by atoms with E-state index in [0.29, 0.717) is 24.7 Å². The summed E-state index contributed by atoms with van der Waals surface area (Å²) < 4.78 is 7.45. The first-order valence-corrected chi connectivity index (χ1v) is 9.68. The van der Waals surface area contributed by atoms with Crippen molar-refractivity contribution in [1.82, 2.24) is 15.1 Å². The molecule has 1 aromatic heterocycles. The summed E-state index contributed by atoms with van der Waals surface area (Å²) in [5.41, 5.74) is 1.10. The van der Waals surface area contributed by atoms with Gasteiger partial charge in [0.1, 0.15) is 18.5 Å². The van der Waals surface area contributed by atoms with Crippen molar-refractivity contribution in [3.8, 4) is 5.75 Å². The van der Waals surface area contributed by atoms with E-state index >= 15 is 0 Å². The molecular weight excluding hydrogens is 402 g/mol. The molecule has 0 saturated carbocycles. The summed E-state index contributed by atoms with van der Waals surface area (Å²) in [6, 6.07) is 10.1. The molecule has 0 aliphatic carbocycles. The van der Waals surface area contributed by atoms with Gasteiger partial charge in [-0.25, -0.2) is 9.59 Å². The maximum atomic E-state index is 9.81. The number of aliphatic hydroxyl groups is 1. The number of hydrogen-bond acceptors (Lipinski definition) is 6. The van der Waals surface area contributed by atoms with Crippen molar-refractivity contribution in [2.45, 2.75) is 32.5 Å². The van der Waals surface area contributed by atoms with Crippen molar-refractivity contribution >= 4 is 18.0 Å². The lowest BCUT2D eigenvalue weighted by atomic mass is 10.2. The molecule has 1 unspecified atom stereocenters. The summed E-state index contributed by atoms with van der Waals surface area (Å²) >= 11 is 0. The predicted molar refractivity (Wildman–Crippen MR) is 117 cm³/mol. The van der Waals surface area contributed by atoms with Crippen LogP contribution in [0.3, 0.4) is 0 Å². The standard InChI is InChI=1S/C18H25N3O2.C4H4O4/c1-15(2)19-13-17(22)14-23-18-8-6-16(7-9-18)5-3-11-21-12-4-10-20-21;5-3(6)1-2-4(7)8/h3-10,12,15,17,19,22H,11,13-14H2,1-2H3;1-2H,(H,5,6)(H,7,8)/b5-3+;2-1-. The van der Waals surface area contributed by atoms with Gasteiger partial charge in [0.05, 0.1) is 6.54 Å². The number of hydrogen-bond donors (Lipinski definition) is 4. The van der Waals surface area contributed by atoms with E-state index in [0.717, 1.165) is 17.9 Å². The van der Waals surface area contributed by atoms with Gasteiger partial charge < -0.3 is 25.4 Å². The number of ether oxygens (including phenoxy) is 1. The molecule has 1 aromatic carbocycles. The molecular formula is C22H29N3O6. The minimum absolute atomic E-state index is 0.286. The molecule has 9 nitrogen and oxygen atoms in total. The van der Waals surface area contributed by atoms with Crippen molar-refractivity contribution in [2.24, 2.45) is 0 Å². The van der Waals surface area contributed by atoms with Crippen molar-refractivity contribution in [3.05, 3.63) is 66.5 Å². The number of nitrogens with zero attached hydrogens (tertiary/aromatic N) is 2. The van der Waals surface area contributed by atoms with Gasteiger partial charge in [-0.1, -0.05) is 38.1 Å². The normalized spacial score (nSPS) is 12.0. The van der Waals surface area contributed by atoms with Crippen molar-refractivity contribution in [3.63, 3.8) is 0 Å². The molecule has 1 atom stereocenters. The van der Waals surface area contributed by atoms with Gasteiger partial charge >= 0.3 is 11.9 Å². The van der Waals surface area contributed by atoms with Crippen molar-refractivity contribution < 1.29 is 29.6 Å².